The molecule has 0 unspecified atom stereocenters. The van der Waals surface area contributed by atoms with Gasteiger partial charge in [0, 0.05) is 6.54 Å². The summed E-state index contributed by atoms with van der Waals surface area (Å²) in [5, 5.41) is 0. The van der Waals surface area contributed by atoms with Crippen molar-refractivity contribution in [3.63, 3.8) is 0 Å². The maximum atomic E-state index is 12.2. The van der Waals surface area contributed by atoms with E-state index in [0.29, 0.717) is 6.54 Å². The molecular formula is C15H21NO4S. The third-order valence-electron chi connectivity index (χ3n) is 4.06. The first-order chi connectivity index (χ1) is 9.85. The number of benzene rings is 1. The highest BCUT2D eigenvalue weighted by Crippen LogP contribution is 2.39. The molecule has 0 heterocycles. The SMILES string of the molecule is COC(=O)Cc1ccc(S(=O)(=O)NCC2(C)CCC2)cc1. The molecule has 6 heteroatoms. The quantitative estimate of drug-likeness (QED) is 0.814. The number of ether oxygens (including phenoxy) is 1. The second kappa shape index (κ2) is 6.15. The van der Waals surface area contributed by atoms with Crippen LogP contribution in [0.1, 0.15) is 31.7 Å². The minimum absolute atomic E-state index is 0.0951. The number of carbonyl (C=O) groups is 1. The lowest BCUT2D eigenvalue weighted by molar-refractivity contribution is -0.139. The lowest BCUT2D eigenvalue weighted by atomic mass is 9.71. The molecule has 0 aromatic heterocycles. The minimum Gasteiger partial charge on any atom is -0.469 e. The monoisotopic (exact) mass is 311 g/mol. The van der Waals surface area contributed by atoms with Gasteiger partial charge in [0.15, 0.2) is 0 Å². The molecule has 5 nitrogen and oxygen atoms in total. The van der Waals surface area contributed by atoms with Crippen LogP contribution in [0.15, 0.2) is 29.2 Å². The summed E-state index contributed by atoms with van der Waals surface area (Å²) < 4.78 is 31.7. The summed E-state index contributed by atoms with van der Waals surface area (Å²) >= 11 is 0. The van der Waals surface area contributed by atoms with Crippen molar-refractivity contribution in [3.05, 3.63) is 29.8 Å². The number of esters is 1. The van der Waals surface area contributed by atoms with Gasteiger partial charge in [-0.2, -0.15) is 0 Å². The van der Waals surface area contributed by atoms with Crippen molar-refractivity contribution in [1.29, 1.82) is 0 Å². The average Bonchev–Trinajstić information content (AvgIpc) is 2.43. The molecule has 1 aromatic carbocycles. The first-order valence-electron chi connectivity index (χ1n) is 7.00. The van der Waals surface area contributed by atoms with E-state index in [0.717, 1.165) is 18.4 Å². The van der Waals surface area contributed by atoms with Gasteiger partial charge in [-0.15, -0.1) is 0 Å². The molecule has 0 saturated heterocycles. The van der Waals surface area contributed by atoms with Gasteiger partial charge in [-0.05, 0) is 36.0 Å². The summed E-state index contributed by atoms with van der Waals surface area (Å²) in [6, 6.07) is 6.31. The number of methoxy groups -OCH3 is 1. The van der Waals surface area contributed by atoms with Crippen LogP contribution in [-0.4, -0.2) is 28.0 Å². The number of sulfonamides is 1. The molecule has 1 fully saturated rings. The fraction of sp³-hybridized carbons (Fsp3) is 0.533. The van der Waals surface area contributed by atoms with Crippen LogP contribution in [0.25, 0.3) is 0 Å². The van der Waals surface area contributed by atoms with E-state index in [9.17, 15) is 13.2 Å². The number of hydrogen-bond donors (Lipinski definition) is 1. The van der Waals surface area contributed by atoms with Crippen LogP contribution in [0.2, 0.25) is 0 Å². The van der Waals surface area contributed by atoms with E-state index in [2.05, 4.69) is 16.4 Å². The van der Waals surface area contributed by atoms with E-state index in [-0.39, 0.29) is 22.7 Å². The van der Waals surface area contributed by atoms with Gasteiger partial charge in [-0.3, -0.25) is 4.79 Å². The van der Waals surface area contributed by atoms with E-state index in [1.807, 2.05) is 0 Å². The normalized spacial score (nSPS) is 17.0. The van der Waals surface area contributed by atoms with Crippen molar-refractivity contribution >= 4 is 16.0 Å². The van der Waals surface area contributed by atoms with Crippen molar-refractivity contribution in [2.24, 2.45) is 5.41 Å². The highest BCUT2D eigenvalue weighted by atomic mass is 32.2. The first kappa shape index (κ1) is 16.0. The zero-order chi connectivity index (χ0) is 15.5. The molecule has 2 rings (SSSR count). The van der Waals surface area contributed by atoms with E-state index >= 15 is 0 Å². The van der Waals surface area contributed by atoms with E-state index in [1.165, 1.54) is 25.7 Å². The second-order valence-electron chi connectivity index (χ2n) is 5.89. The standard InChI is InChI=1S/C15H21NO4S/c1-15(8-3-9-15)11-16-21(18,19)13-6-4-12(5-7-13)10-14(17)20-2/h4-7,16H,3,8-11H2,1-2H3. The summed E-state index contributed by atoms with van der Waals surface area (Å²) in [7, 11) is -2.16. The van der Waals surface area contributed by atoms with Crippen LogP contribution in [0.5, 0.6) is 0 Å². The predicted octanol–water partition coefficient (Wildman–Crippen LogP) is 1.87. The topological polar surface area (TPSA) is 72.5 Å². The molecule has 1 saturated carbocycles. The molecular weight excluding hydrogens is 290 g/mol. The summed E-state index contributed by atoms with van der Waals surface area (Å²) in [5.74, 6) is -0.346. The maximum Gasteiger partial charge on any atom is 0.309 e. The lowest BCUT2D eigenvalue weighted by Gasteiger charge is -2.38. The molecule has 0 spiro atoms. The van der Waals surface area contributed by atoms with Crippen LogP contribution in [0, 0.1) is 5.41 Å². The summed E-state index contributed by atoms with van der Waals surface area (Å²) in [6.07, 6.45) is 3.43. The molecule has 116 valence electrons. The van der Waals surface area contributed by atoms with Gasteiger partial charge in [0.2, 0.25) is 10.0 Å². The first-order valence-corrected chi connectivity index (χ1v) is 8.48. The summed E-state index contributed by atoms with van der Waals surface area (Å²) in [5.41, 5.74) is 0.824. The highest BCUT2D eigenvalue weighted by molar-refractivity contribution is 7.89. The molecule has 0 aliphatic heterocycles. The van der Waals surface area contributed by atoms with Crippen LogP contribution in [0.4, 0.5) is 0 Å². The highest BCUT2D eigenvalue weighted by Gasteiger charge is 2.32. The van der Waals surface area contributed by atoms with Gasteiger partial charge >= 0.3 is 5.97 Å². The van der Waals surface area contributed by atoms with E-state index in [1.54, 1.807) is 12.1 Å². The average molecular weight is 311 g/mol. The lowest BCUT2D eigenvalue weighted by Crippen LogP contribution is -2.39. The fourth-order valence-electron chi connectivity index (χ4n) is 2.33. The van der Waals surface area contributed by atoms with Crippen LogP contribution in [0.3, 0.4) is 0 Å². The van der Waals surface area contributed by atoms with E-state index in [4.69, 9.17) is 0 Å². The minimum atomic E-state index is -3.49. The Labute approximate surface area is 125 Å². The van der Waals surface area contributed by atoms with Crippen molar-refractivity contribution in [2.45, 2.75) is 37.5 Å². The van der Waals surface area contributed by atoms with Crippen LogP contribution in [-0.2, 0) is 26.0 Å². The van der Waals surface area contributed by atoms with Gasteiger partial charge in [0.25, 0.3) is 0 Å². The number of nitrogens with one attached hydrogen (secondary N) is 1. The predicted molar refractivity (Wildman–Crippen MR) is 79.3 cm³/mol. The molecule has 0 atom stereocenters. The van der Waals surface area contributed by atoms with Crippen LogP contribution >= 0.6 is 0 Å². The van der Waals surface area contributed by atoms with Gasteiger partial charge in [0.1, 0.15) is 0 Å². The Morgan fingerprint density at radius 1 is 1.29 bits per heavy atom. The third kappa shape index (κ3) is 4.04. The Morgan fingerprint density at radius 3 is 2.38 bits per heavy atom. The molecule has 1 aromatic rings. The molecule has 0 amide bonds. The summed E-state index contributed by atoms with van der Waals surface area (Å²) in [6.45, 7) is 2.57. The number of carbonyl (C=O) groups excluding carboxylic acids is 1. The van der Waals surface area contributed by atoms with E-state index < -0.39 is 10.0 Å². The molecule has 1 N–H and O–H groups in total. The molecule has 0 bridgehead atoms. The summed E-state index contributed by atoms with van der Waals surface area (Å²) in [4.78, 5) is 11.4. The van der Waals surface area contributed by atoms with Crippen molar-refractivity contribution in [1.82, 2.24) is 4.72 Å². The largest absolute Gasteiger partial charge is 0.469 e. The molecule has 1 aliphatic carbocycles. The number of rotatable bonds is 6. The Bertz CT molecular complexity index is 603. The smallest absolute Gasteiger partial charge is 0.309 e. The van der Waals surface area contributed by atoms with Gasteiger partial charge in [0.05, 0.1) is 18.4 Å². The maximum absolute atomic E-state index is 12.2. The Kier molecular flexibility index (Phi) is 4.68. The zero-order valence-corrected chi connectivity index (χ0v) is 13.2. The van der Waals surface area contributed by atoms with Crippen molar-refractivity contribution < 1.29 is 17.9 Å². The zero-order valence-electron chi connectivity index (χ0n) is 12.4. The number of hydrogen-bond acceptors (Lipinski definition) is 4. The van der Waals surface area contributed by atoms with Crippen molar-refractivity contribution in [2.75, 3.05) is 13.7 Å². The van der Waals surface area contributed by atoms with Crippen LogP contribution < -0.4 is 4.72 Å². The fourth-order valence-corrected chi connectivity index (χ4v) is 3.53. The van der Waals surface area contributed by atoms with Crippen molar-refractivity contribution in [3.8, 4) is 0 Å². The Morgan fingerprint density at radius 2 is 1.90 bits per heavy atom. The molecule has 21 heavy (non-hydrogen) atoms. The second-order valence-corrected chi connectivity index (χ2v) is 7.65. The molecule has 1 aliphatic rings. The van der Waals surface area contributed by atoms with Gasteiger partial charge < -0.3 is 4.74 Å². The third-order valence-corrected chi connectivity index (χ3v) is 5.48. The Balaban J connectivity index is 2.01. The Hall–Kier alpha value is -1.40. The molecule has 0 radical (unpaired) electrons. The van der Waals surface area contributed by atoms with Gasteiger partial charge in [-0.25, -0.2) is 13.1 Å². The van der Waals surface area contributed by atoms with Gasteiger partial charge in [-0.1, -0.05) is 25.5 Å².